The fraction of sp³-hybridized carbons (Fsp3) is 0.231. The van der Waals surface area contributed by atoms with Crippen molar-refractivity contribution in [2.45, 2.75) is 31.3 Å². The van der Waals surface area contributed by atoms with Crippen LogP contribution in [0, 0.1) is 0 Å². The fourth-order valence-electron chi connectivity index (χ4n) is 4.22. The standard InChI is InChI=1S/C26H23ClN4O4S2/c1-14(15-6-11-19(32)20(12-15)35-2)29-30-22(33)13-36-26-28-24-23(18-4-3-5-21(18)37-24)25(34)31(26)17-9-7-16(27)8-10-17/h6-12,32H,3-5,13H2,1-2H3,(H,30,33)/b29-14+. The molecule has 37 heavy (non-hydrogen) atoms. The Morgan fingerprint density at radius 3 is 2.81 bits per heavy atom. The number of hydrazone groups is 1. The lowest BCUT2D eigenvalue weighted by Gasteiger charge is -2.12. The van der Waals surface area contributed by atoms with Crippen LogP contribution in [0.2, 0.25) is 5.02 Å². The number of nitrogens with zero attached hydrogens (tertiary/aromatic N) is 3. The molecule has 2 N–H and O–H groups in total. The summed E-state index contributed by atoms with van der Waals surface area (Å²) in [5, 5.41) is 15.6. The summed E-state index contributed by atoms with van der Waals surface area (Å²) in [5.74, 6) is -0.00527. The van der Waals surface area contributed by atoms with E-state index in [-0.39, 0.29) is 23.0 Å². The third-order valence-corrected chi connectivity index (χ3v) is 8.45. The van der Waals surface area contributed by atoms with Gasteiger partial charge in [-0.25, -0.2) is 10.4 Å². The molecule has 1 aliphatic carbocycles. The first kappa shape index (κ1) is 25.3. The van der Waals surface area contributed by atoms with Gasteiger partial charge in [-0.1, -0.05) is 23.4 Å². The number of thioether (sulfide) groups is 1. The zero-order chi connectivity index (χ0) is 26.1. The molecule has 2 aromatic heterocycles. The van der Waals surface area contributed by atoms with Gasteiger partial charge in [0.2, 0.25) is 0 Å². The molecule has 2 aromatic carbocycles. The maximum Gasteiger partial charge on any atom is 0.267 e. The van der Waals surface area contributed by atoms with E-state index in [0.29, 0.717) is 43.1 Å². The summed E-state index contributed by atoms with van der Waals surface area (Å²) in [7, 11) is 1.46. The van der Waals surface area contributed by atoms with Crippen LogP contribution in [0.1, 0.15) is 29.3 Å². The number of thiophene rings is 1. The third-order valence-electron chi connectivity index (χ3n) is 6.07. The van der Waals surface area contributed by atoms with Gasteiger partial charge in [0.1, 0.15) is 4.83 Å². The van der Waals surface area contributed by atoms with E-state index in [2.05, 4.69) is 10.5 Å². The normalized spacial score (nSPS) is 13.1. The number of phenolic OH excluding ortho intramolecular Hbond substituents is 1. The van der Waals surface area contributed by atoms with E-state index in [0.717, 1.165) is 24.8 Å². The molecule has 4 aromatic rings. The van der Waals surface area contributed by atoms with Crippen LogP contribution < -0.4 is 15.7 Å². The number of aromatic hydroxyl groups is 1. The maximum atomic E-state index is 13.7. The number of nitrogens with one attached hydrogen (secondary N) is 1. The molecule has 5 rings (SSSR count). The van der Waals surface area contributed by atoms with Crippen molar-refractivity contribution in [2.75, 3.05) is 12.9 Å². The number of hydrogen-bond acceptors (Lipinski definition) is 8. The van der Waals surface area contributed by atoms with E-state index in [1.807, 2.05) is 0 Å². The molecule has 8 nitrogen and oxygen atoms in total. The summed E-state index contributed by atoms with van der Waals surface area (Å²) in [6, 6.07) is 11.8. The molecule has 0 spiro atoms. The van der Waals surface area contributed by atoms with Crippen LogP contribution in [0.3, 0.4) is 0 Å². The Kier molecular flexibility index (Phi) is 7.23. The molecule has 190 valence electrons. The van der Waals surface area contributed by atoms with Crippen molar-refractivity contribution in [3.05, 3.63) is 73.8 Å². The second kappa shape index (κ2) is 10.6. The van der Waals surface area contributed by atoms with Crippen molar-refractivity contribution in [2.24, 2.45) is 5.10 Å². The van der Waals surface area contributed by atoms with Gasteiger partial charge in [0.25, 0.3) is 11.5 Å². The molecular formula is C26H23ClN4O4S2. The Morgan fingerprint density at radius 2 is 2.05 bits per heavy atom. The number of methoxy groups -OCH3 is 1. The topological polar surface area (TPSA) is 106 Å². The number of aryl methyl sites for hydroxylation is 2. The Labute approximate surface area is 226 Å². The number of carbonyl (C=O) groups excluding carboxylic acids is 1. The zero-order valence-corrected chi connectivity index (χ0v) is 22.5. The predicted molar refractivity (Wildman–Crippen MR) is 148 cm³/mol. The highest BCUT2D eigenvalue weighted by molar-refractivity contribution is 7.99. The molecule has 0 saturated heterocycles. The molecule has 1 amide bonds. The first-order chi connectivity index (χ1) is 17.9. The van der Waals surface area contributed by atoms with Gasteiger partial charge in [0.05, 0.1) is 29.6 Å². The minimum Gasteiger partial charge on any atom is -0.504 e. The van der Waals surface area contributed by atoms with Gasteiger partial charge in [-0.3, -0.25) is 14.2 Å². The summed E-state index contributed by atoms with van der Waals surface area (Å²) in [6.45, 7) is 1.74. The molecule has 0 bridgehead atoms. The number of fused-ring (bicyclic) bond motifs is 3. The minimum absolute atomic E-state index is 0.00625. The average molecular weight is 555 g/mol. The highest BCUT2D eigenvalue weighted by Gasteiger charge is 2.24. The largest absolute Gasteiger partial charge is 0.504 e. The molecule has 0 unspecified atom stereocenters. The van der Waals surface area contributed by atoms with Crippen molar-refractivity contribution in [1.29, 1.82) is 0 Å². The monoisotopic (exact) mass is 554 g/mol. The number of carbonyl (C=O) groups is 1. The fourth-order valence-corrected chi connectivity index (χ4v) is 6.45. The van der Waals surface area contributed by atoms with E-state index in [1.165, 1.54) is 29.8 Å². The summed E-state index contributed by atoms with van der Waals surface area (Å²) >= 11 is 8.81. The first-order valence-corrected chi connectivity index (χ1v) is 13.7. The van der Waals surface area contributed by atoms with Crippen molar-refractivity contribution in [3.8, 4) is 17.2 Å². The number of aromatic nitrogens is 2. The highest BCUT2D eigenvalue weighted by atomic mass is 35.5. The average Bonchev–Trinajstić information content (AvgIpc) is 3.48. The molecule has 0 saturated carbocycles. The van der Waals surface area contributed by atoms with Gasteiger partial charge >= 0.3 is 0 Å². The number of phenols is 1. The third kappa shape index (κ3) is 5.09. The second-order valence-electron chi connectivity index (χ2n) is 8.46. The van der Waals surface area contributed by atoms with Crippen molar-refractivity contribution in [1.82, 2.24) is 15.0 Å². The van der Waals surface area contributed by atoms with E-state index < -0.39 is 0 Å². The number of ether oxygens (including phenoxy) is 1. The van der Waals surface area contributed by atoms with Gasteiger partial charge in [-0.15, -0.1) is 11.3 Å². The molecule has 0 fully saturated rings. The van der Waals surface area contributed by atoms with Crippen molar-refractivity contribution in [3.63, 3.8) is 0 Å². The number of halogens is 1. The highest BCUT2D eigenvalue weighted by Crippen LogP contribution is 2.36. The number of benzene rings is 2. The van der Waals surface area contributed by atoms with Crippen molar-refractivity contribution < 1.29 is 14.6 Å². The first-order valence-electron chi connectivity index (χ1n) is 11.5. The van der Waals surface area contributed by atoms with E-state index >= 15 is 0 Å². The van der Waals surface area contributed by atoms with Gasteiger partial charge in [0.15, 0.2) is 16.7 Å². The number of hydrogen-bond donors (Lipinski definition) is 2. The molecule has 0 atom stereocenters. The van der Waals surface area contributed by atoms with E-state index in [4.69, 9.17) is 21.3 Å². The van der Waals surface area contributed by atoms with Crippen LogP contribution >= 0.6 is 34.7 Å². The zero-order valence-electron chi connectivity index (χ0n) is 20.1. The van der Waals surface area contributed by atoms with Crippen LogP contribution in [-0.2, 0) is 17.6 Å². The molecular weight excluding hydrogens is 532 g/mol. The van der Waals surface area contributed by atoms with Crippen LogP contribution in [0.25, 0.3) is 15.9 Å². The summed E-state index contributed by atoms with van der Waals surface area (Å²) in [5.41, 5.74) is 5.39. The second-order valence-corrected chi connectivity index (χ2v) is 10.9. The summed E-state index contributed by atoms with van der Waals surface area (Å²) < 4.78 is 6.68. The summed E-state index contributed by atoms with van der Waals surface area (Å²) in [6.07, 6.45) is 2.89. The van der Waals surface area contributed by atoms with Gasteiger partial charge in [-0.2, -0.15) is 5.10 Å². The molecule has 11 heteroatoms. The van der Waals surface area contributed by atoms with Crippen LogP contribution in [0.4, 0.5) is 0 Å². The van der Waals surface area contributed by atoms with Gasteiger partial charge in [0, 0.05) is 15.5 Å². The molecule has 2 heterocycles. The van der Waals surface area contributed by atoms with E-state index in [1.54, 1.807) is 59.2 Å². The Hall–Kier alpha value is -3.34. The van der Waals surface area contributed by atoms with Crippen LogP contribution in [0.5, 0.6) is 11.5 Å². The quantitative estimate of drug-likeness (QED) is 0.145. The Bertz CT molecular complexity index is 1600. The lowest BCUT2D eigenvalue weighted by Crippen LogP contribution is -2.24. The Balaban J connectivity index is 1.40. The van der Waals surface area contributed by atoms with Crippen LogP contribution in [0.15, 0.2) is 57.5 Å². The van der Waals surface area contributed by atoms with Crippen LogP contribution in [-0.4, -0.2) is 39.1 Å². The lowest BCUT2D eigenvalue weighted by molar-refractivity contribution is -0.118. The smallest absolute Gasteiger partial charge is 0.267 e. The predicted octanol–water partition coefficient (Wildman–Crippen LogP) is 4.94. The molecule has 1 aliphatic rings. The SMILES string of the molecule is COc1cc(/C(C)=N/NC(=O)CSc2nc3sc4c(c3c(=O)n2-c2ccc(Cl)cc2)CCC4)ccc1O. The lowest BCUT2D eigenvalue weighted by atomic mass is 10.1. The minimum atomic E-state index is -0.347. The number of rotatable bonds is 7. The Morgan fingerprint density at radius 1 is 1.27 bits per heavy atom. The van der Waals surface area contributed by atoms with Gasteiger partial charge in [-0.05, 0) is 74.2 Å². The summed E-state index contributed by atoms with van der Waals surface area (Å²) in [4.78, 5) is 33.1. The van der Waals surface area contributed by atoms with E-state index in [9.17, 15) is 14.7 Å². The molecule has 0 aliphatic heterocycles. The van der Waals surface area contributed by atoms with Gasteiger partial charge < -0.3 is 9.84 Å². The number of amides is 1. The molecule has 0 radical (unpaired) electrons. The maximum absolute atomic E-state index is 13.7. The van der Waals surface area contributed by atoms with Crippen molar-refractivity contribution >= 4 is 56.5 Å².